The summed E-state index contributed by atoms with van der Waals surface area (Å²) < 4.78 is 0.919. The Morgan fingerprint density at radius 3 is 2.35 bits per heavy atom. The highest BCUT2D eigenvalue weighted by molar-refractivity contribution is 9.10. The van der Waals surface area contributed by atoms with Crippen LogP contribution >= 0.6 is 15.9 Å². The fourth-order valence-electron chi connectivity index (χ4n) is 1.95. The first-order valence-electron chi connectivity index (χ1n) is 6.24. The average molecular weight is 331 g/mol. The lowest BCUT2D eigenvalue weighted by atomic mass is 10.1. The summed E-state index contributed by atoms with van der Waals surface area (Å²) in [6, 6.07) is 15.3. The molecule has 1 atom stereocenters. The van der Waals surface area contributed by atoms with Gasteiger partial charge in [0.05, 0.1) is 23.4 Å². The van der Waals surface area contributed by atoms with E-state index in [9.17, 15) is 5.11 Å². The molecule has 0 amide bonds. The lowest BCUT2D eigenvalue weighted by Gasteiger charge is -2.22. The molecule has 0 radical (unpaired) electrons. The van der Waals surface area contributed by atoms with E-state index in [1.54, 1.807) is 19.1 Å². The molecule has 4 heteroatoms. The topological polar surface area (TPSA) is 47.3 Å². The van der Waals surface area contributed by atoms with Crippen molar-refractivity contribution in [3.63, 3.8) is 0 Å². The zero-order chi connectivity index (χ0) is 14.7. The van der Waals surface area contributed by atoms with Gasteiger partial charge < -0.3 is 10.0 Å². The van der Waals surface area contributed by atoms with Crippen LogP contribution < -0.4 is 4.90 Å². The summed E-state index contributed by atoms with van der Waals surface area (Å²) in [5, 5.41) is 18.4. The van der Waals surface area contributed by atoms with E-state index in [0.717, 1.165) is 21.4 Å². The van der Waals surface area contributed by atoms with Crippen molar-refractivity contribution in [3.8, 4) is 6.07 Å². The second-order valence-electron chi connectivity index (χ2n) is 4.60. The van der Waals surface area contributed by atoms with Gasteiger partial charge in [-0.15, -0.1) is 0 Å². The van der Waals surface area contributed by atoms with Crippen LogP contribution in [0.2, 0.25) is 0 Å². The number of nitriles is 1. The Hall–Kier alpha value is -1.83. The highest BCUT2D eigenvalue weighted by Crippen LogP contribution is 2.32. The third-order valence-corrected chi connectivity index (χ3v) is 3.83. The zero-order valence-electron chi connectivity index (χ0n) is 11.3. The number of hydrogen-bond donors (Lipinski definition) is 1. The molecule has 1 N–H and O–H groups in total. The molecule has 2 aromatic rings. The normalized spacial score (nSPS) is 11.8. The van der Waals surface area contributed by atoms with Crippen LogP contribution in [0, 0.1) is 11.3 Å². The Bertz CT molecular complexity index is 645. The molecule has 2 aromatic carbocycles. The lowest BCUT2D eigenvalue weighted by molar-refractivity contribution is 0.199. The maximum atomic E-state index is 9.59. The van der Waals surface area contributed by atoms with Crippen molar-refractivity contribution in [2.45, 2.75) is 13.0 Å². The molecule has 0 aliphatic carbocycles. The molecule has 102 valence electrons. The summed E-state index contributed by atoms with van der Waals surface area (Å²) in [5.41, 5.74) is 3.51. The molecule has 0 saturated carbocycles. The third-order valence-electron chi connectivity index (χ3n) is 3.20. The van der Waals surface area contributed by atoms with Crippen molar-refractivity contribution in [1.82, 2.24) is 0 Å². The summed E-state index contributed by atoms with van der Waals surface area (Å²) in [7, 11) is 1.96. The van der Waals surface area contributed by atoms with Gasteiger partial charge in [0.2, 0.25) is 0 Å². The van der Waals surface area contributed by atoms with Gasteiger partial charge in [-0.25, -0.2) is 0 Å². The number of aliphatic hydroxyl groups excluding tert-OH is 1. The van der Waals surface area contributed by atoms with Crippen LogP contribution in [0.15, 0.2) is 46.9 Å². The molecule has 0 unspecified atom stereocenters. The number of halogens is 1. The van der Waals surface area contributed by atoms with Gasteiger partial charge in [-0.3, -0.25) is 0 Å². The van der Waals surface area contributed by atoms with Gasteiger partial charge in [-0.2, -0.15) is 5.26 Å². The molecule has 0 saturated heterocycles. The molecule has 0 aliphatic rings. The Kier molecular flexibility index (Phi) is 4.43. The van der Waals surface area contributed by atoms with Crippen molar-refractivity contribution in [2.24, 2.45) is 0 Å². The van der Waals surface area contributed by atoms with Gasteiger partial charge in [0.1, 0.15) is 0 Å². The van der Waals surface area contributed by atoms with Crippen LogP contribution in [0.25, 0.3) is 0 Å². The van der Waals surface area contributed by atoms with Crippen LogP contribution in [-0.2, 0) is 0 Å². The summed E-state index contributed by atoms with van der Waals surface area (Å²) in [6.45, 7) is 1.74. The van der Waals surface area contributed by atoms with Crippen molar-refractivity contribution in [1.29, 1.82) is 5.26 Å². The standard InChI is InChI=1S/C16H15BrN2O/c1-11(20)13-5-8-16(15(17)9-13)19(2)14-6-3-12(10-18)4-7-14/h3-9,11,20H,1-2H3/t11-/m0/s1. The number of nitrogens with zero attached hydrogens (tertiary/aromatic N) is 2. The van der Waals surface area contributed by atoms with Crippen LogP contribution in [0.4, 0.5) is 11.4 Å². The first-order chi connectivity index (χ1) is 9.52. The SMILES string of the molecule is C[C@H](O)c1ccc(N(C)c2ccc(C#N)cc2)c(Br)c1. The third kappa shape index (κ3) is 3.01. The fraction of sp³-hybridized carbons (Fsp3) is 0.188. The molecule has 0 spiro atoms. The molecule has 2 rings (SSSR count). The van der Waals surface area contributed by atoms with E-state index in [2.05, 4.69) is 22.0 Å². The smallest absolute Gasteiger partial charge is 0.0991 e. The molecular weight excluding hydrogens is 316 g/mol. The van der Waals surface area contributed by atoms with Gasteiger partial charge in [0.25, 0.3) is 0 Å². The van der Waals surface area contributed by atoms with E-state index in [-0.39, 0.29) is 0 Å². The average Bonchev–Trinajstić information content (AvgIpc) is 2.46. The molecule has 0 aliphatic heterocycles. The predicted octanol–water partition coefficient (Wildman–Crippen LogP) is 4.14. The van der Waals surface area contributed by atoms with E-state index in [1.165, 1.54) is 0 Å². The van der Waals surface area contributed by atoms with Crippen LogP contribution in [0.3, 0.4) is 0 Å². The van der Waals surface area contributed by atoms with Gasteiger partial charge in [0, 0.05) is 17.2 Å². The van der Waals surface area contributed by atoms with Crippen molar-refractivity contribution in [3.05, 3.63) is 58.1 Å². The Morgan fingerprint density at radius 1 is 1.20 bits per heavy atom. The highest BCUT2D eigenvalue weighted by Gasteiger charge is 2.10. The predicted molar refractivity (Wildman–Crippen MR) is 84.0 cm³/mol. The molecule has 3 nitrogen and oxygen atoms in total. The summed E-state index contributed by atoms with van der Waals surface area (Å²) in [5.74, 6) is 0. The van der Waals surface area contributed by atoms with Crippen LogP contribution in [-0.4, -0.2) is 12.2 Å². The van der Waals surface area contributed by atoms with Crippen LogP contribution in [0.1, 0.15) is 24.2 Å². The summed E-state index contributed by atoms with van der Waals surface area (Å²) in [6.07, 6.45) is -0.486. The number of aliphatic hydroxyl groups is 1. The van der Waals surface area contributed by atoms with Gasteiger partial charge in [-0.1, -0.05) is 6.07 Å². The van der Waals surface area contributed by atoms with Crippen molar-refractivity contribution < 1.29 is 5.11 Å². The van der Waals surface area contributed by atoms with E-state index in [1.807, 2.05) is 42.3 Å². The number of rotatable bonds is 3. The van der Waals surface area contributed by atoms with Crippen molar-refractivity contribution >= 4 is 27.3 Å². The fourth-order valence-corrected chi connectivity index (χ4v) is 2.62. The summed E-state index contributed by atoms with van der Waals surface area (Å²) >= 11 is 3.54. The van der Waals surface area contributed by atoms with Crippen molar-refractivity contribution in [2.75, 3.05) is 11.9 Å². The van der Waals surface area contributed by atoms with E-state index < -0.39 is 6.10 Å². The Labute approximate surface area is 127 Å². The highest BCUT2D eigenvalue weighted by atomic mass is 79.9. The number of anilines is 2. The molecule has 0 bridgehead atoms. The summed E-state index contributed by atoms with van der Waals surface area (Å²) in [4.78, 5) is 2.02. The zero-order valence-corrected chi connectivity index (χ0v) is 12.9. The Morgan fingerprint density at radius 2 is 1.85 bits per heavy atom. The van der Waals surface area contributed by atoms with E-state index >= 15 is 0 Å². The minimum Gasteiger partial charge on any atom is -0.389 e. The first kappa shape index (κ1) is 14.6. The monoisotopic (exact) mass is 330 g/mol. The number of benzene rings is 2. The lowest BCUT2D eigenvalue weighted by Crippen LogP contribution is -2.10. The Balaban J connectivity index is 2.33. The maximum absolute atomic E-state index is 9.59. The molecule has 0 heterocycles. The number of hydrogen-bond acceptors (Lipinski definition) is 3. The molecule has 0 aromatic heterocycles. The first-order valence-corrected chi connectivity index (χ1v) is 7.03. The molecular formula is C16H15BrN2O. The maximum Gasteiger partial charge on any atom is 0.0991 e. The van der Waals surface area contributed by atoms with Gasteiger partial charge in [0.15, 0.2) is 0 Å². The minimum absolute atomic E-state index is 0.486. The molecule has 20 heavy (non-hydrogen) atoms. The largest absolute Gasteiger partial charge is 0.389 e. The second-order valence-corrected chi connectivity index (χ2v) is 5.46. The van der Waals surface area contributed by atoms with E-state index in [4.69, 9.17) is 5.26 Å². The van der Waals surface area contributed by atoms with Gasteiger partial charge >= 0.3 is 0 Å². The van der Waals surface area contributed by atoms with E-state index in [0.29, 0.717) is 5.56 Å². The second kappa shape index (κ2) is 6.08. The molecule has 0 fully saturated rings. The minimum atomic E-state index is -0.486. The van der Waals surface area contributed by atoms with Crippen LogP contribution in [0.5, 0.6) is 0 Å². The van der Waals surface area contributed by atoms with Gasteiger partial charge in [-0.05, 0) is 64.8 Å². The quantitative estimate of drug-likeness (QED) is 0.919.